The molecule has 0 aromatic carbocycles. The van der Waals surface area contributed by atoms with E-state index in [2.05, 4.69) is 5.32 Å². The highest BCUT2D eigenvalue weighted by molar-refractivity contribution is 8.14. The Balaban J connectivity index is 2.49. The molecular weight excluding hydrogens is 318 g/mol. The predicted molar refractivity (Wildman–Crippen MR) is 88.8 cm³/mol. The number of carbonyl (C=O) groups excluding carboxylic acids is 4. The van der Waals surface area contributed by atoms with Crippen LogP contribution in [0.3, 0.4) is 0 Å². The van der Waals surface area contributed by atoms with E-state index in [0.717, 1.165) is 16.7 Å². The molecule has 0 aliphatic carbocycles. The third kappa shape index (κ3) is 6.21. The van der Waals surface area contributed by atoms with Gasteiger partial charge in [-0.05, 0) is 11.8 Å². The Morgan fingerprint density at radius 3 is 2.17 bits per heavy atom. The summed E-state index contributed by atoms with van der Waals surface area (Å²) < 4.78 is 0. The third-order valence-electron chi connectivity index (χ3n) is 3.11. The lowest BCUT2D eigenvalue weighted by molar-refractivity contribution is -0.146. The normalized spacial score (nSPS) is 14.8. The van der Waals surface area contributed by atoms with Crippen molar-refractivity contribution in [2.45, 2.75) is 27.7 Å². The summed E-state index contributed by atoms with van der Waals surface area (Å²) in [5.41, 5.74) is 0. The summed E-state index contributed by atoms with van der Waals surface area (Å²) in [5, 5.41) is 2.18. The van der Waals surface area contributed by atoms with Crippen LogP contribution in [0.5, 0.6) is 0 Å². The lowest BCUT2D eigenvalue weighted by Crippen LogP contribution is -2.47. The van der Waals surface area contributed by atoms with Gasteiger partial charge in [0, 0.05) is 26.2 Å². The number of imide groups is 1. The SMILES string of the molecule is CC(C)CN(CC(C)C)C(=O)C(=O)NCCN1C(=O)CSC1=O. The summed E-state index contributed by atoms with van der Waals surface area (Å²) >= 11 is 0.947. The summed E-state index contributed by atoms with van der Waals surface area (Å²) in [4.78, 5) is 49.7. The van der Waals surface area contributed by atoms with Gasteiger partial charge in [-0.2, -0.15) is 0 Å². The molecule has 1 N–H and O–H groups in total. The van der Waals surface area contributed by atoms with Gasteiger partial charge in [0.1, 0.15) is 0 Å². The zero-order valence-corrected chi connectivity index (χ0v) is 14.9. The van der Waals surface area contributed by atoms with Gasteiger partial charge >= 0.3 is 11.8 Å². The first-order valence-electron chi connectivity index (χ1n) is 7.76. The molecule has 0 aromatic rings. The molecule has 1 saturated heterocycles. The maximum Gasteiger partial charge on any atom is 0.311 e. The van der Waals surface area contributed by atoms with E-state index >= 15 is 0 Å². The first-order valence-corrected chi connectivity index (χ1v) is 8.75. The second-order valence-electron chi connectivity index (χ2n) is 6.35. The van der Waals surface area contributed by atoms with Crippen molar-refractivity contribution >= 4 is 34.7 Å². The number of amides is 4. The van der Waals surface area contributed by atoms with Crippen LogP contribution in [-0.4, -0.2) is 64.7 Å². The van der Waals surface area contributed by atoms with Gasteiger partial charge in [-0.1, -0.05) is 39.5 Å². The average molecular weight is 343 g/mol. The summed E-state index contributed by atoms with van der Waals surface area (Å²) in [6, 6.07) is 0. The zero-order chi connectivity index (χ0) is 17.6. The minimum Gasteiger partial charge on any atom is -0.346 e. The Bertz CT molecular complexity index is 453. The van der Waals surface area contributed by atoms with E-state index in [9.17, 15) is 19.2 Å². The van der Waals surface area contributed by atoms with Gasteiger partial charge in [0.15, 0.2) is 0 Å². The fraction of sp³-hybridized carbons (Fsp3) is 0.733. The predicted octanol–water partition coefficient (Wildman–Crippen LogP) is 0.939. The molecule has 0 radical (unpaired) electrons. The van der Waals surface area contributed by atoms with Crippen molar-refractivity contribution in [2.24, 2.45) is 11.8 Å². The van der Waals surface area contributed by atoms with Gasteiger partial charge in [0.2, 0.25) is 5.91 Å². The molecule has 0 saturated carbocycles. The molecule has 1 rings (SSSR count). The smallest absolute Gasteiger partial charge is 0.311 e. The van der Waals surface area contributed by atoms with E-state index in [4.69, 9.17) is 0 Å². The Morgan fingerprint density at radius 2 is 1.74 bits per heavy atom. The molecule has 1 aliphatic rings. The molecule has 1 aliphatic heterocycles. The van der Waals surface area contributed by atoms with E-state index in [1.54, 1.807) is 4.90 Å². The number of rotatable bonds is 7. The summed E-state index contributed by atoms with van der Waals surface area (Å²) in [5.74, 6) is -0.854. The van der Waals surface area contributed by atoms with Gasteiger partial charge in [0.05, 0.1) is 5.75 Å². The summed E-state index contributed by atoms with van der Waals surface area (Å²) in [7, 11) is 0. The number of thioether (sulfide) groups is 1. The van der Waals surface area contributed by atoms with E-state index < -0.39 is 11.8 Å². The highest BCUT2D eigenvalue weighted by atomic mass is 32.2. The first-order chi connectivity index (χ1) is 10.7. The van der Waals surface area contributed by atoms with Gasteiger partial charge in [-0.3, -0.25) is 24.1 Å². The molecule has 0 spiro atoms. The van der Waals surface area contributed by atoms with E-state index in [-0.39, 0.29) is 41.8 Å². The molecule has 130 valence electrons. The number of hydrogen-bond donors (Lipinski definition) is 1. The Morgan fingerprint density at radius 1 is 1.17 bits per heavy atom. The van der Waals surface area contributed by atoms with Crippen molar-refractivity contribution in [1.29, 1.82) is 0 Å². The van der Waals surface area contributed by atoms with Crippen LogP contribution in [0.2, 0.25) is 0 Å². The molecule has 4 amide bonds. The number of nitrogens with one attached hydrogen (secondary N) is 1. The minimum atomic E-state index is -0.696. The Labute approximate surface area is 141 Å². The van der Waals surface area contributed by atoms with E-state index in [1.165, 1.54) is 0 Å². The van der Waals surface area contributed by atoms with Gasteiger partial charge in [0.25, 0.3) is 5.24 Å². The second kappa shape index (κ2) is 8.90. The van der Waals surface area contributed by atoms with Crippen molar-refractivity contribution in [3.05, 3.63) is 0 Å². The van der Waals surface area contributed by atoms with Gasteiger partial charge in [-0.15, -0.1) is 0 Å². The van der Waals surface area contributed by atoms with Crippen LogP contribution < -0.4 is 5.32 Å². The standard InChI is InChI=1S/C15H25N3O4S/c1-10(2)7-17(8-11(3)4)14(21)13(20)16-5-6-18-12(19)9-23-15(18)22/h10-11H,5-9H2,1-4H3,(H,16,20). The van der Waals surface area contributed by atoms with Crippen molar-refractivity contribution in [3.8, 4) is 0 Å². The first kappa shape index (κ1) is 19.5. The number of nitrogens with zero attached hydrogens (tertiary/aromatic N) is 2. The van der Waals surface area contributed by atoms with Crippen molar-refractivity contribution < 1.29 is 19.2 Å². The van der Waals surface area contributed by atoms with Gasteiger partial charge in [-0.25, -0.2) is 0 Å². The molecule has 0 bridgehead atoms. The Kier molecular flexibility index (Phi) is 7.54. The molecule has 0 unspecified atom stereocenters. The van der Waals surface area contributed by atoms with E-state index in [1.807, 2.05) is 27.7 Å². The maximum atomic E-state index is 12.2. The highest BCUT2D eigenvalue weighted by Crippen LogP contribution is 2.17. The minimum absolute atomic E-state index is 0.0831. The summed E-state index contributed by atoms with van der Waals surface area (Å²) in [6.07, 6.45) is 0. The average Bonchev–Trinajstić information content (AvgIpc) is 2.76. The van der Waals surface area contributed by atoms with E-state index in [0.29, 0.717) is 13.1 Å². The number of hydrogen-bond acceptors (Lipinski definition) is 5. The van der Waals surface area contributed by atoms with Crippen LogP contribution >= 0.6 is 11.8 Å². The molecule has 8 heteroatoms. The lowest BCUT2D eigenvalue weighted by Gasteiger charge is -2.25. The fourth-order valence-corrected chi connectivity index (χ4v) is 2.97. The Hall–Kier alpha value is -1.57. The monoisotopic (exact) mass is 343 g/mol. The topological polar surface area (TPSA) is 86.8 Å². The van der Waals surface area contributed by atoms with Crippen molar-refractivity contribution in [1.82, 2.24) is 15.1 Å². The van der Waals surface area contributed by atoms with Crippen LogP contribution in [0.4, 0.5) is 4.79 Å². The zero-order valence-electron chi connectivity index (χ0n) is 14.1. The molecule has 7 nitrogen and oxygen atoms in total. The highest BCUT2D eigenvalue weighted by Gasteiger charge is 2.30. The molecule has 1 heterocycles. The molecular formula is C15H25N3O4S. The largest absolute Gasteiger partial charge is 0.346 e. The second-order valence-corrected chi connectivity index (χ2v) is 7.28. The maximum absolute atomic E-state index is 12.2. The van der Waals surface area contributed by atoms with Crippen LogP contribution in [-0.2, 0) is 14.4 Å². The fourth-order valence-electron chi connectivity index (χ4n) is 2.22. The molecule has 0 aromatic heterocycles. The lowest BCUT2D eigenvalue weighted by atomic mass is 10.1. The van der Waals surface area contributed by atoms with Crippen LogP contribution in [0.25, 0.3) is 0 Å². The van der Waals surface area contributed by atoms with Crippen LogP contribution in [0.1, 0.15) is 27.7 Å². The number of carbonyl (C=O) groups is 4. The van der Waals surface area contributed by atoms with Crippen LogP contribution in [0.15, 0.2) is 0 Å². The molecule has 1 fully saturated rings. The van der Waals surface area contributed by atoms with Crippen molar-refractivity contribution in [3.63, 3.8) is 0 Å². The molecule has 23 heavy (non-hydrogen) atoms. The van der Waals surface area contributed by atoms with Gasteiger partial charge < -0.3 is 10.2 Å². The molecule has 0 atom stereocenters. The van der Waals surface area contributed by atoms with Crippen LogP contribution in [0, 0.1) is 11.8 Å². The quantitative estimate of drug-likeness (QED) is 0.695. The third-order valence-corrected chi connectivity index (χ3v) is 3.97. The summed E-state index contributed by atoms with van der Waals surface area (Å²) in [6.45, 7) is 9.16. The van der Waals surface area contributed by atoms with Crippen molar-refractivity contribution in [2.75, 3.05) is 31.9 Å².